The number of halogens is 5. The van der Waals surface area contributed by atoms with Crippen LogP contribution in [0.2, 0.25) is 0 Å². The van der Waals surface area contributed by atoms with Crippen molar-refractivity contribution in [3.63, 3.8) is 0 Å². The second kappa shape index (κ2) is 87.8. The number of benzene rings is 1. The second-order valence-corrected chi connectivity index (χ2v) is 47.1. The van der Waals surface area contributed by atoms with E-state index in [1.54, 1.807) is 87.0 Å². The van der Waals surface area contributed by atoms with Crippen LogP contribution in [0.4, 0.5) is 33.2 Å². The number of aliphatic hydroxyl groups is 2. The molecule has 5 aliphatic rings. The molecular formula is C107H208Cl4FN15O21P2. The molecule has 2 aromatic rings. The van der Waals surface area contributed by atoms with E-state index >= 15 is 0 Å². The van der Waals surface area contributed by atoms with Crippen LogP contribution in [0.3, 0.4) is 0 Å². The van der Waals surface area contributed by atoms with Crippen LogP contribution < -0.4 is 43.9 Å². The van der Waals surface area contributed by atoms with Gasteiger partial charge in [-0.05, 0) is 348 Å². The third kappa shape index (κ3) is 84.1. The Kier molecular flexibility index (Phi) is 91.7. The number of ether oxygens (including phenoxy) is 7. The Hall–Kier alpha value is -6.21. The molecule has 1 aromatic carbocycles. The second-order valence-electron chi connectivity index (χ2n) is 43.9. The number of alkyl carbamates (subject to hydrolysis) is 2. The highest BCUT2D eigenvalue weighted by Gasteiger charge is 2.41. The number of nitrogens with zero attached hydrogens (tertiary/aromatic N) is 8. The quantitative estimate of drug-likeness (QED) is 0.00322. The maximum atomic E-state index is 13.1. The Bertz CT molecular complexity index is 3940. The van der Waals surface area contributed by atoms with E-state index in [0.717, 1.165) is 115 Å². The van der Waals surface area contributed by atoms with Crippen LogP contribution >= 0.6 is 64.9 Å². The molecule has 43 heteroatoms. The summed E-state index contributed by atoms with van der Waals surface area (Å²) in [6, 6.07) is 7.45. The number of nitrogens with one attached hydrogen (secondary N) is 4. The number of rotatable bonds is 27. The Morgan fingerprint density at radius 3 is 1.40 bits per heavy atom. The van der Waals surface area contributed by atoms with Crippen molar-refractivity contribution in [3.05, 3.63) is 73.8 Å². The van der Waals surface area contributed by atoms with Crippen molar-refractivity contribution >= 4 is 113 Å². The Labute approximate surface area is 927 Å². The first kappa shape index (κ1) is 157. The Balaban J connectivity index is -0.000000312. The van der Waals surface area contributed by atoms with Gasteiger partial charge in [-0.15, -0.1) is 64.9 Å². The number of amides is 5. The van der Waals surface area contributed by atoms with Crippen LogP contribution in [0.25, 0.3) is 10.4 Å². The number of aromatic nitrogens is 1. The van der Waals surface area contributed by atoms with Gasteiger partial charge >= 0.3 is 36.7 Å². The Morgan fingerprint density at radius 1 is 0.613 bits per heavy atom. The average molecular weight is 2260 g/mol. The van der Waals surface area contributed by atoms with Gasteiger partial charge in [0, 0.05) is 106 Å². The molecule has 13 atom stereocenters. The lowest BCUT2D eigenvalue weighted by Crippen LogP contribution is -2.56. The minimum atomic E-state index is -1.06. The number of carbonyl (C=O) groups excluding carboxylic acids is 8. The van der Waals surface area contributed by atoms with E-state index in [4.69, 9.17) is 108 Å². The van der Waals surface area contributed by atoms with Gasteiger partial charge in [0.1, 0.15) is 45.6 Å². The number of hydrogen-bond donors (Lipinski definition) is 11. The molecule has 3 saturated carbocycles. The van der Waals surface area contributed by atoms with Gasteiger partial charge in [-0.2, -0.15) is 0 Å². The van der Waals surface area contributed by atoms with Crippen molar-refractivity contribution in [2.45, 2.75) is 431 Å². The fraction of sp³-hybridized carbons (Fsp3) is 0.822. The van der Waals surface area contributed by atoms with Crippen molar-refractivity contribution in [2.24, 2.45) is 51.9 Å². The van der Waals surface area contributed by atoms with E-state index in [9.17, 15) is 57.8 Å². The molecular weight excluding hydrogens is 2050 g/mol. The zero-order valence-electron chi connectivity index (χ0n) is 96.9. The number of aromatic hydroxyl groups is 1. The molecule has 882 valence electrons. The Morgan fingerprint density at radius 2 is 1.02 bits per heavy atom. The van der Waals surface area contributed by atoms with E-state index in [1.807, 2.05) is 111 Å². The average Bonchev–Trinajstić information content (AvgIpc) is 1.21. The summed E-state index contributed by atoms with van der Waals surface area (Å²) in [5, 5.41) is 53.1. The molecule has 3 unspecified atom stereocenters. The number of Topliss-reactive ketones (excluding diaryl/α,β-unsaturated/α-hetero) is 1. The van der Waals surface area contributed by atoms with E-state index in [-0.39, 0.29) is 134 Å². The maximum absolute atomic E-state index is 13.1. The van der Waals surface area contributed by atoms with Gasteiger partial charge in [-0.25, -0.2) is 38.0 Å². The highest BCUT2D eigenvalue weighted by Crippen LogP contribution is 2.32. The summed E-state index contributed by atoms with van der Waals surface area (Å²) in [4.78, 5) is 121. The zero-order valence-corrected chi connectivity index (χ0v) is 102. The van der Waals surface area contributed by atoms with E-state index in [0.29, 0.717) is 62.2 Å². The van der Waals surface area contributed by atoms with Crippen LogP contribution in [0.15, 0.2) is 40.4 Å². The fourth-order valence-corrected chi connectivity index (χ4v) is 14.2. The molecule has 0 spiro atoms. The number of carbonyl (C=O) groups is 8. The summed E-state index contributed by atoms with van der Waals surface area (Å²) >= 11 is 19.1. The van der Waals surface area contributed by atoms with Crippen molar-refractivity contribution < 1.29 is 101 Å². The number of hydrogen-bond acceptors (Lipinski definition) is 28. The topological polar surface area (TPSA) is 501 Å². The molecule has 0 radical (unpaired) electrons. The standard InChI is InChI=1S/C23H26FN3O4.C16H32N2O2.C12H23NO3.C11H22N4O2.C11H23NO4.C10H18O5.C7H15NO.C6H16N2.C4H11N.2C2H7P.2CH2Cl2.CH4/c1-14-4-3-11-27-19(25(14)2)13-26-12-17(21(29)22(30)20(26)23(27)31)18(28)10-7-15-5-8-16(24)9-6-15;1-12(2)10-17-11-13-8-6-7-9-14(13)18-15(19)20-16(3,4)5;1-12(2,3)16-11(15)13-10-7-5-4-6-9(10)8-14;1-9(7-6-8-13-14-12)15(5)10(16)17-11(2,3)4;1-9(7-6-8-15-14)12(5)10(13)16-11(2,3)4;1-9(2,3)14-7(11)13-8(12)15-10(4,5)6;8-7-4-2-1-3-6(7)5-9;1-6(8-2)4-3-5-7;1-4(2)3-5;2*1-2-3;2*2-1-3;/h5-6,8-9,12,14,19,30H,3-4,7,10-11,13H2,1-2H3;12-14,17H,6-11H2,1-5H3,(H,18,19);9-10,14H,4-8H2,1-3H3,(H,13,15);9H,6-8H2,1-5H3;9,14H,6-8H2,1-5H3;1-6H3;6-7,9H,1-5,8H2;6,8H,3-5,7H2,1-2H3;4H,3,5H2,1-2H3;2*2-3H2,1H3;2*1H2;1H4/t14-,19?;13-,14-;9-,10-;2*9-;;6-,7-;6-;;;;;;/m00000.00....../s1. The molecule has 4 fully saturated rings. The predicted octanol–water partition coefficient (Wildman–Crippen LogP) is 23.2. The normalized spacial score (nSPS) is 18.2. The number of pyridine rings is 1. The number of alkyl halides is 4. The number of nitrogens with two attached hydrogens (primary N) is 3. The number of likely N-dealkylation sites (N-methyl/N-ethyl adjacent to an activating group) is 1. The van der Waals surface area contributed by atoms with Crippen LogP contribution in [0, 0.1) is 35.4 Å². The van der Waals surface area contributed by atoms with Crippen molar-refractivity contribution in [3.8, 4) is 5.75 Å². The predicted molar refractivity (Wildman–Crippen MR) is 617 cm³/mol. The first-order chi connectivity index (χ1) is 69.1. The first-order valence-electron chi connectivity index (χ1n) is 52.6. The van der Waals surface area contributed by atoms with E-state index in [1.165, 1.54) is 69.2 Å². The summed E-state index contributed by atoms with van der Waals surface area (Å²) in [5.41, 5.74) is 20.9. The molecule has 1 saturated heterocycles. The summed E-state index contributed by atoms with van der Waals surface area (Å²) in [5.74, 6) is 0.580. The summed E-state index contributed by atoms with van der Waals surface area (Å²) in [6.07, 6.45) is 21.2. The minimum absolute atomic E-state index is 0. The maximum Gasteiger partial charge on any atom is 0.519 e. The third-order valence-electron chi connectivity index (χ3n) is 22.3. The molecule has 14 N–H and O–H groups in total. The van der Waals surface area contributed by atoms with Gasteiger partial charge in [0.15, 0.2) is 17.2 Å². The zero-order chi connectivity index (χ0) is 116. The summed E-state index contributed by atoms with van der Waals surface area (Å²) < 4.78 is 49.5. The molecule has 3 heterocycles. The van der Waals surface area contributed by atoms with Crippen LogP contribution in [0.1, 0.15) is 363 Å². The SMILES string of the molecule is C.CC(C)(C)OC(=O)N[C@H]1CCCC[C@H]1CO.CC(C)(C)OC(=O)OC(=O)OC(C)(C)C.CC(C)CN.CC(C)CNC[C@@H]1CCCC[C@@H]1NC(=O)OC(C)(C)C.CCP.CCP.CN[C@@H](C)CCCN.C[C@@H](CCCN=[N+]=[N-])N(C)C(=O)OC(C)(C)C.C[C@@H](CCCOO)N(C)C(=O)OC(C)(C)C.C[C@H]1CCCN2C(=O)c3c(O)c(=O)c(C(=O)CCc4ccc(F)cc4)cn3CC2N1C.ClCCl.ClCCl.N[C@H]1CCCC[C@H]1CO. The number of fused-ring (bicyclic) bond motifs is 2. The van der Waals surface area contributed by atoms with Crippen LogP contribution in [0.5, 0.6) is 5.75 Å². The van der Waals surface area contributed by atoms with Gasteiger partial charge in [-0.3, -0.25) is 24.5 Å². The largest absolute Gasteiger partial charge is 0.519 e. The van der Waals surface area contributed by atoms with E-state index in [2.05, 4.69) is 120 Å². The first-order valence-corrected chi connectivity index (χ1v) is 56.4. The van der Waals surface area contributed by atoms with Gasteiger partial charge in [-0.1, -0.05) is 105 Å². The van der Waals surface area contributed by atoms with Crippen LogP contribution in [-0.4, -0.2) is 285 Å². The van der Waals surface area contributed by atoms with Crippen molar-refractivity contribution in [2.75, 3.05) is 110 Å². The summed E-state index contributed by atoms with van der Waals surface area (Å²) in [7, 11) is 12.5. The smallest absolute Gasteiger partial charge is 0.503 e. The fourth-order valence-electron chi connectivity index (χ4n) is 14.2. The lowest BCUT2D eigenvalue weighted by molar-refractivity contribution is -0.243. The van der Waals surface area contributed by atoms with E-state index < -0.39 is 68.8 Å². The lowest BCUT2D eigenvalue weighted by atomic mass is 9.84. The third-order valence-corrected chi connectivity index (χ3v) is 22.3. The minimum Gasteiger partial charge on any atom is -0.503 e. The number of ketones is 1. The number of aryl methyl sites for hydroxylation is 1. The van der Waals surface area contributed by atoms with Gasteiger partial charge < -0.3 is 106 Å². The molecule has 2 aliphatic heterocycles. The highest BCUT2D eigenvalue weighted by atomic mass is 35.5. The van der Waals surface area contributed by atoms with Gasteiger partial charge in [0.05, 0.1) is 29.4 Å². The number of azide groups is 1. The van der Waals surface area contributed by atoms with Crippen molar-refractivity contribution in [1.29, 1.82) is 0 Å². The molecule has 7 rings (SSSR count). The number of aliphatic hydroxyl groups excluding tert-OH is 2. The molecule has 1 aromatic heterocycles. The molecule has 150 heavy (non-hydrogen) atoms. The van der Waals surface area contributed by atoms with Crippen molar-refractivity contribution in [1.82, 2.24) is 45.4 Å². The molecule has 36 nitrogen and oxygen atoms in total. The monoisotopic (exact) mass is 2260 g/mol. The summed E-state index contributed by atoms with van der Waals surface area (Å²) in [6.45, 7) is 58.9. The van der Waals surface area contributed by atoms with Gasteiger partial charge in [0.2, 0.25) is 5.43 Å². The highest BCUT2D eigenvalue weighted by molar-refractivity contribution is 7.16. The molecule has 3 aliphatic carbocycles. The molecule has 5 amide bonds. The van der Waals surface area contributed by atoms with Crippen LogP contribution in [-0.2, 0) is 51.0 Å². The lowest BCUT2D eigenvalue weighted by Gasteiger charge is -2.42. The molecule has 0 bridgehead atoms. The van der Waals surface area contributed by atoms with Gasteiger partial charge in [0.25, 0.3) is 5.91 Å².